The fourth-order valence-corrected chi connectivity index (χ4v) is 3.39. The first-order valence-corrected chi connectivity index (χ1v) is 7.28. The number of carbonyl (C=O) groups is 1. The van der Waals surface area contributed by atoms with Gasteiger partial charge in [0.15, 0.2) is 6.10 Å². The van der Waals surface area contributed by atoms with Gasteiger partial charge in [-0.05, 0) is 30.7 Å². The molecule has 1 saturated heterocycles. The van der Waals surface area contributed by atoms with Crippen LogP contribution < -0.4 is 4.74 Å². The SMILES string of the molecule is COc1ccccc1C(OC1CC2COCC2C1)C(=O)O. The first-order chi connectivity index (χ1) is 10.2. The lowest BCUT2D eigenvalue weighted by atomic mass is 10.0. The molecule has 1 aliphatic carbocycles. The van der Waals surface area contributed by atoms with Crippen molar-refractivity contribution in [2.45, 2.75) is 25.0 Å². The van der Waals surface area contributed by atoms with E-state index in [0.717, 1.165) is 26.1 Å². The van der Waals surface area contributed by atoms with Gasteiger partial charge < -0.3 is 19.3 Å². The van der Waals surface area contributed by atoms with E-state index in [4.69, 9.17) is 14.2 Å². The molecule has 2 fully saturated rings. The summed E-state index contributed by atoms with van der Waals surface area (Å²) in [5, 5.41) is 9.50. The van der Waals surface area contributed by atoms with Crippen molar-refractivity contribution >= 4 is 5.97 Å². The molecule has 2 aliphatic rings. The zero-order chi connectivity index (χ0) is 14.8. The first kappa shape index (κ1) is 14.4. The van der Waals surface area contributed by atoms with Gasteiger partial charge in [-0.2, -0.15) is 0 Å². The molecule has 0 amide bonds. The van der Waals surface area contributed by atoms with Gasteiger partial charge in [-0.1, -0.05) is 18.2 Å². The molecule has 1 saturated carbocycles. The molecule has 5 heteroatoms. The van der Waals surface area contributed by atoms with Gasteiger partial charge in [0.25, 0.3) is 0 Å². The highest BCUT2D eigenvalue weighted by molar-refractivity contribution is 5.75. The van der Waals surface area contributed by atoms with Crippen LogP contribution in [0.3, 0.4) is 0 Å². The molecule has 0 aromatic heterocycles. The van der Waals surface area contributed by atoms with Crippen LogP contribution in [-0.2, 0) is 14.3 Å². The molecule has 0 bridgehead atoms. The number of hydrogen-bond acceptors (Lipinski definition) is 4. The van der Waals surface area contributed by atoms with Gasteiger partial charge in [0.05, 0.1) is 13.2 Å². The Morgan fingerprint density at radius 3 is 2.57 bits per heavy atom. The molecular weight excluding hydrogens is 272 g/mol. The van der Waals surface area contributed by atoms with Crippen LogP contribution in [0.25, 0.3) is 0 Å². The van der Waals surface area contributed by atoms with Crippen molar-refractivity contribution in [1.29, 1.82) is 0 Å². The number of para-hydroxylation sites is 1. The molecular formula is C16H20O5. The Bertz CT molecular complexity index is 503. The molecule has 1 aromatic carbocycles. The maximum atomic E-state index is 11.6. The predicted octanol–water partition coefficient (Wildman–Crippen LogP) is 2.26. The van der Waals surface area contributed by atoms with Gasteiger partial charge in [-0.25, -0.2) is 4.79 Å². The van der Waals surface area contributed by atoms with Crippen molar-refractivity contribution in [1.82, 2.24) is 0 Å². The predicted molar refractivity (Wildman–Crippen MR) is 75.3 cm³/mol. The monoisotopic (exact) mass is 292 g/mol. The minimum absolute atomic E-state index is 0.0186. The van der Waals surface area contributed by atoms with E-state index >= 15 is 0 Å². The lowest BCUT2D eigenvalue weighted by Gasteiger charge is -2.21. The second kappa shape index (κ2) is 6.03. The Morgan fingerprint density at radius 2 is 1.95 bits per heavy atom. The van der Waals surface area contributed by atoms with Crippen LogP contribution in [0.15, 0.2) is 24.3 Å². The number of benzene rings is 1. The third-order valence-electron chi connectivity index (χ3n) is 4.44. The van der Waals surface area contributed by atoms with Crippen molar-refractivity contribution in [3.63, 3.8) is 0 Å². The topological polar surface area (TPSA) is 65.0 Å². The summed E-state index contributed by atoms with van der Waals surface area (Å²) in [6.07, 6.45) is 0.758. The van der Waals surface area contributed by atoms with Gasteiger partial charge in [-0.15, -0.1) is 0 Å². The average Bonchev–Trinajstić information content (AvgIpc) is 3.05. The van der Waals surface area contributed by atoms with E-state index < -0.39 is 12.1 Å². The van der Waals surface area contributed by atoms with E-state index in [1.807, 2.05) is 6.07 Å². The Hall–Kier alpha value is -1.59. The van der Waals surface area contributed by atoms with Gasteiger partial charge >= 0.3 is 5.97 Å². The first-order valence-electron chi connectivity index (χ1n) is 7.28. The normalized spacial score (nSPS) is 29.1. The van der Waals surface area contributed by atoms with Gasteiger partial charge in [-0.3, -0.25) is 0 Å². The number of aliphatic carboxylic acids is 1. The summed E-state index contributed by atoms with van der Waals surface area (Å²) in [5.74, 6) is 0.600. The van der Waals surface area contributed by atoms with E-state index in [-0.39, 0.29) is 6.10 Å². The summed E-state index contributed by atoms with van der Waals surface area (Å²) in [4.78, 5) is 11.6. The fraction of sp³-hybridized carbons (Fsp3) is 0.562. The number of rotatable bonds is 5. The molecule has 1 aliphatic heterocycles. The number of fused-ring (bicyclic) bond motifs is 1. The molecule has 114 valence electrons. The van der Waals surface area contributed by atoms with Crippen molar-refractivity contribution in [3.05, 3.63) is 29.8 Å². The van der Waals surface area contributed by atoms with Crippen LogP contribution in [0, 0.1) is 11.8 Å². The molecule has 3 atom stereocenters. The molecule has 0 radical (unpaired) electrons. The number of carboxylic acids is 1. The second-order valence-corrected chi connectivity index (χ2v) is 5.75. The summed E-state index contributed by atoms with van der Waals surface area (Å²) in [5.41, 5.74) is 0.570. The molecule has 0 spiro atoms. The molecule has 3 rings (SSSR count). The summed E-state index contributed by atoms with van der Waals surface area (Å²) >= 11 is 0. The minimum atomic E-state index is -0.981. The summed E-state index contributed by atoms with van der Waals surface area (Å²) in [7, 11) is 1.54. The van der Waals surface area contributed by atoms with E-state index in [2.05, 4.69) is 0 Å². The summed E-state index contributed by atoms with van der Waals surface area (Å²) < 4.78 is 16.6. The zero-order valence-corrected chi connectivity index (χ0v) is 12.0. The third kappa shape index (κ3) is 2.89. The maximum Gasteiger partial charge on any atom is 0.337 e. The van der Waals surface area contributed by atoms with Crippen LogP contribution >= 0.6 is 0 Å². The lowest BCUT2D eigenvalue weighted by Crippen LogP contribution is -2.22. The third-order valence-corrected chi connectivity index (χ3v) is 4.44. The molecule has 1 aromatic rings. The molecule has 5 nitrogen and oxygen atoms in total. The van der Waals surface area contributed by atoms with Crippen LogP contribution in [0.5, 0.6) is 5.75 Å². The van der Waals surface area contributed by atoms with Crippen LogP contribution in [-0.4, -0.2) is 37.5 Å². The van der Waals surface area contributed by atoms with E-state index in [1.54, 1.807) is 18.2 Å². The Morgan fingerprint density at radius 1 is 1.29 bits per heavy atom. The van der Waals surface area contributed by atoms with Crippen molar-refractivity contribution in [3.8, 4) is 5.75 Å². The highest BCUT2D eigenvalue weighted by Crippen LogP contribution is 2.40. The fourth-order valence-electron chi connectivity index (χ4n) is 3.39. The second-order valence-electron chi connectivity index (χ2n) is 5.75. The Balaban J connectivity index is 1.75. The van der Waals surface area contributed by atoms with Crippen LogP contribution in [0.4, 0.5) is 0 Å². The molecule has 21 heavy (non-hydrogen) atoms. The number of ether oxygens (including phenoxy) is 3. The lowest BCUT2D eigenvalue weighted by molar-refractivity contribution is -0.155. The van der Waals surface area contributed by atoms with E-state index in [9.17, 15) is 9.90 Å². The van der Waals surface area contributed by atoms with Crippen molar-refractivity contribution < 1.29 is 24.1 Å². The smallest absolute Gasteiger partial charge is 0.337 e. The molecule has 1 N–H and O–H groups in total. The standard InChI is InChI=1S/C16H20O5/c1-19-14-5-3-2-4-13(14)15(16(17)18)21-12-6-10-8-20-9-11(10)7-12/h2-5,10-12,15H,6-9H2,1H3,(H,17,18). The molecule has 3 unspecified atom stereocenters. The zero-order valence-electron chi connectivity index (χ0n) is 12.0. The Labute approximate surface area is 123 Å². The quantitative estimate of drug-likeness (QED) is 0.902. The number of methoxy groups -OCH3 is 1. The van der Waals surface area contributed by atoms with Crippen molar-refractivity contribution in [2.75, 3.05) is 20.3 Å². The highest BCUT2D eigenvalue weighted by atomic mass is 16.5. The van der Waals surface area contributed by atoms with Crippen LogP contribution in [0.1, 0.15) is 24.5 Å². The Kier molecular flexibility index (Phi) is 4.12. The number of carboxylic acid groups (broad SMARTS) is 1. The minimum Gasteiger partial charge on any atom is -0.496 e. The van der Waals surface area contributed by atoms with Crippen LogP contribution in [0.2, 0.25) is 0 Å². The van der Waals surface area contributed by atoms with Crippen molar-refractivity contribution in [2.24, 2.45) is 11.8 Å². The summed E-state index contributed by atoms with van der Waals surface area (Å²) in [6.45, 7) is 1.55. The highest BCUT2D eigenvalue weighted by Gasteiger charge is 2.40. The number of hydrogen-bond donors (Lipinski definition) is 1. The largest absolute Gasteiger partial charge is 0.496 e. The van der Waals surface area contributed by atoms with E-state index in [0.29, 0.717) is 23.1 Å². The summed E-state index contributed by atoms with van der Waals surface area (Å²) in [6, 6.07) is 7.12. The van der Waals surface area contributed by atoms with Gasteiger partial charge in [0.2, 0.25) is 0 Å². The van der Waals surface area contributed by atoms with E-state index in [1.165, 1.54) is 7.11 Å². The maximum absolute atomic E-state index is 11.6. The van der Waals surface area contributed by atoms with Gasteiger partial charge in [0, 0.05) is 18.8 Å². The van der Waals surface area contributed by atoms with Gasteiger partial charge in [0.1, 0.15) is 5.75 Å². The average molecular weight is 292 g/mol. The molecule has 1 heterocycles.